The van der Waals surface area contributed by atoms with Gasteiger partial charge in [-0.2, -0.15) is 0 Å². The molecule has 0 aliphatic carbocycles. The predicted octanol–water partition coefficient (Wildman–Crippen LogP) is -2.67. The van der Waals surface area contributed by atoms with E-state index in [0.717, 1.165) is 0 Å². The lowest BCUT2D eigenvalue weighted by Crippen LogP contribution is -2.48. The van der Waals surface area contributed by atoms with Crippen LogP contribution >= 0.6 is 0 Å². The Hall–Kier alpha value is -0.210. The van der Waals surface area contributed by atoms with E-state index in [1.807, 2.05) is 0 Å². The van der Waals surface area contributed by atoms with Gasteiger partial charge in [0.1, 0.15) is 0 Å². The van der Waals surface area contributed by atoms with Crippen LogP contribution in [0, 0.1) is 0 Å². The van der Waals surface area contributed by atoms with Gasteiger partial charge in [-0.1, -0.05) is 0 Å². The van der Waals surface area contributed by atoms with Crippen LogP contribution in [0.25, 0.3) is 0 Å². The SMILES string of the molecule is O=S1(=O)C[C@H](O)[C@@H](N2CCN[C@@H]2O)C1. The molecule has 3 atom stereocenters. The average molecular weight is 222 g/mol. The molecule has 3 N–H and O–H groups in total. The Labute approximate surface area is 82.4 Å². The van der Waals surface area contributed by atoms with Gasteiger partial charge < -0.3 is 10.2 Å². The number of rotatable bonds is 1. The summed E-state index contributed by atoms with van der Waals surface area (Å²) in [5.41, 5.74) is 0. The molecular formula is C7H14N2O4S. The molecule has 0 aromatic rings. The molecule has 0 aromatic heterocycles. The summed E-state index contributed by atoms with van der Waals surface area (Å²) in [4.78, 5) is 1.59. The monoisotopic (exact) mass is 222 g/mol. The zero-order valence-electron chi connectivity index (χ0n) is 7.63. The van der Waals surface area contributed by atoms with Crippen LogP contribution in [0.3, 0.4) is 0 Å². The Morgan fingerprint density at radius 3 is 2.43 bits per heavy atom. The second kappa shape index (κ2) is 3.42. The lowest BCUT2D eigenvalue weighted by atomic mass is 10.2. The van der Waals surface area contributed by atoms with Gasteiger partial charge in [0.2, 0.25) is 0 Å². The molecule has 14 heavy (non-hydrogen) atoms. The van der Waals surface area contributed by atoms with E-state index in [0.29, 0.717) is 13.1 Å². The number of hydrogen-bond donors (Lipinski definition) is 3. The number of hydrogen-bond acceptors (Lipinski definition) is 6. The third kappa shape index (κ3) is 1.78. The van der Waals surface area contributed by atoms with Gasteiger partial charge in [-0.25, -0.2) is 8.42 Å². The molecular weight excluding hydrogens is 208 g/mol. The largest absolute Gasteiger partial charge is 0.390 e. The molecule has 82 valence electrons. The van der Waals surface area contributed by atoms with Crippen molar-refractivity contribution in [2.45, 2.75) is 18.5 Å². The first-order chi connectivity index (χ1) is 6.49. The van der Waals surface area contributed by atoms with Crippen LogP contribution in [-0.2, 0) is 9.84 Å². The van der Waals surface area contributed by atoms with Crippen molar-refractivity contribution >= 4 is 9.84 Å². The van der Waals surface area contributed by atoms with Gasteiger partial charge in [-0.15, -0.1) is 0 Å². The van der Waals surface area contributed by atoms with E-state index in [1.54, 1.807) is 4.90 Å². The number of sulfone groups is 1. The highest BCUT2D eigenvalue weighted by molar-refractivity contribution is 7.91. The van der Waals surface area contributed by atoms with Gasteiger partial charge >= 0.3 is 0 Å². The number of aliphatic hydroxyl groups is 2. The Bertz CT molecular complexity index is 318. The smallest absolute Gasteiger partial charge is 0.163 e. The molecule has 0 saturated carbocycles. The lowest BCUT2D eigenvalue weighted by molar-refractivity contribution is -0.0294. The Morgan fingerprint density at radius 2 is 2.00 bits per heavy atom. The van der Waals surface area contributed by atoms with Gasteiger partial charge in [0.15, 0.2) is 16.2 Å². The third-order valence-electron chi connectivity index (χ3n) is 2.73. The molecule has 0 radical (unpaired) electrons. The minimum atomic E-state index is -3.14. The zero-order valence-corrected chi connectivity index (χ0v) is 8.44. The first kappa shape index (κ1) is 10.3. The van der Waals surface area contributed by atoms with Crippen molar-refractivity contribution in [2.24, 2.45) is 0 Å². The van der Waals surface area contributed by atoms with Gasteiger partial charge in [0, 0.05) is 13.1 Å². The second-order valence-corrected chi connectivity index (χ2v) is 5.93. The van der Waals surface area contributed by atoms with E-state index >= 15 is 0 Å². The maximum absolute atomic E-state index is 11.2. The number of nitrogens with zero attached hydrogens (tertiary/aromatic N) is 1. The van der Waals surface area contributed by atoms with Crippen LogP contribution in [0.15, 0.2) is 0 Å². The van der Waals surface area contributed by atoms with Crippen molar-refractivity contribution < 1.29 is 18.6 Å². The molecule has 2 aliphatic rings. The first-order valence-corrected chi connectivity index (χ1v) is 6.37. The molecule has 0 spiro atoms. The maximum Gasteiger partial charge on any atom is 0.163 e. The van der Waals surface area contributed by atoms with E-state index in [9.17, 15) is 18.6 Å². The van der Waals surface area contributed by atoms with Gasteiger partial charge in [0.05, 0.1) is 23.7 Å². The fraction of sp³-hybridized carbons (Fsp3) is 1.00. The summed E-state index contributed by atoms with van der Waals surface area (Å²) in [6.45, 7) is 1.18. The molecule has 2 saturated heterocycles. The second-order valence-electron chi connectivity index (χ2n) is 3.78. The van der Waals surface area contributed by atoms with Crippen LogP contribution in [-0.4, -0.2) is 66.6 Å². The molecule has 0 amide bonds. The van der Waals surface area contributed by atoms with Crippen molar-refractivity contribution in [3.05, 3.63) is 0 Å². The fourth-order valence-corrected chi connectivity index (χ4v) is 3.85. The van der Waals surface area contributed by atoms with Crippen molar-refractivity contribution in [2.75, 3.05) is 24.6 Å². The highest BCUT2D eigenvalue weighted by atomic mass is 32.2. The molecule has 7 heteroatoms. The van der Waals surface area contributed by atoms with Crippen LogP contribution in [0.1, 0.15) is 0 Å². The number of nitrogens with one attached hydrogen (secondary N) is 1. The van der Waals surface area contributed by atoms with Gasteiger partial charge in [-0.05, 0) is 0 Å². The van der Waals surface area contributed by atoms with Crippen LogP contribution in [0.4, 0.5) is 0 Å². The summed E-state index contributed by atoms with van der Waals surface area (Å²) in [6, 6.07) is -0.468. The van der Waals surface area contributed by atoms with E-state index in [4.69, 9.17) is 0 Å². The summed E-state index contributed by atoms with van der Waals surface area (Å²) < 4.78 is 22.5. The lowest BCUT2D eigenvalue weighted by Gasteiger charge is -2.27. The molecule has 2 rings (SSSR count). The molecule has 2 fully saturated rings. The Kier molecular flexibility index (Phi) is 2.52. The quantitative estimate of drug-likeness (QED) is 0.448. The van der Waals surface area contributed by atoms with Gasteiger partial charge in [-0.3, -0.25) is 10.2 Å². The molecule has 0 unspecified atom stereocenters. The molecule has 2 heterocycles. The maximum atomic E-state index is 11.2. The van der Waals surface area contributed by atoms with E-state index in [2.05, 4.69) is 5.32 Å². The minimum Gasteiger partial charge on any atom is -0.390 e. The van der Waals surface area contributed by atoms with Crippen molar-refractivity contribution in [1.82, 2.24) is 10.2 Å². The van der Waals surface area contributed by atoms with Crippen LogP contribution in [0.5, 0.6) is 0 Å². The van der Waals surface area contributed by atoms with Crippen LogP contribution in [0.2, 0.25) is 0 Å². The third-order valence-corrected chi connectivity index (χ3v) is 4.43. The van der Waals surface area contributed by atoms with Crippen molar-refractivity contribution in [3.63, 3.8) is 0 Å². The summed E-state index contributed by atoms with van der Waals surface area (Å²) in [5.74, 6) is -0.256. The zero-order chi connectivity index (χ0) is 10.3. The van der Waals surface area contributed by atoms with E-state index in [-0.39, 0.29) is 11.5 Å². The topological polar surface area (TPSA) is 89.9 Å². The summed E-state index contributed by atoms with van der Waals surface area (Å²) in [7, 11) is -3.14. The standard InChI is InChI=1S/C7H14N2O4S/c10-6-4-14(12,13)3-5(6)9-2-1-8-7(9)11/h5-8,10-11H,1-4H2/t5-,6-,7-/m0/s1. The molecule has 2 aliphatic heterocycles. The highest BCUT2D eigenvalue weighted by Crippen LogP contribution is 2.20. The van der Waals surface area contributed by atoms with Gasteiger partial charge in [0.25, 0.3) is 0 Å². The molecule has 0 bridgehead atoms. The summed E-state index contributed by atoms with van der Waals surface area (Å²) >= 11 is 0. The highest BCUT2D eigenvalue weighted by Gasteiger charge is 2.43. The summed E-state index contributed by atoms with van der Waals surface area (Å²) in [6.07, 6.45) is -1.71. The fourth-order valence-electron chi connectivity index (χ4n) is 2.04. The Morgan fingerprint density at radius 1 is 1.29 bits per heavy atom. The Balaban J connectivity index is 2.12. The van der Waals surface area contributed by atoms with E-state index in [1.165, 1.54) is 0 Å². The van der Waals surface area contributed by atoms with Crippen molar-refractivity contribution in [1.29, 1.82) is 0 Å². The summed E-state index contributed by atoms with van der Waals surface area (Å²) in [5, 5.41) is 21.8. The van der Waals surface area contributed by atoms with Crippen LogP contribution < -0.4 is 5.32 Å². The molecule has 6 nitrogen and oxygen atoms in total. The average Bonchev–Trinajstić information content (AvgIpc) is 2.55. The normalized spacial score (nSPS) is 43.1. The minimum absolute atomic E-state index is 0.0626. The predicted molar refractivity (Wildman–Crippen MR) is 49.2 cm³/mol. The van der Waals surface area contributed by atoms with Crippen molar-refractivity contribution in [3.8, 4) is 0 Å². The molecule has 0 aromatic carbocycles. The van der Waals surface area contributed by atoms with E-state index < -0.39 is 28.3 Å². The first-order valence-electron chi connectivity index (χ1n) is 4.55. The number of aliphatic hydroxyl groups excluding tert-OH is 2.